The molecule has 1 aliphatic heterocycles. The molecule has 2 N–H and O–H groups in total. The van der Waals surface area contributed by atoms with E-state index in [1.807, 2.05) is 18.2 Å². The molecule has 0 bridgehead atoms. The lowest BCUT2D eigenvalue weighted by Crippen LogP contribution is -3.15. The number of benzene rings is 2. The van der Waals surface area contributed by atoms with E-state index in [0.29, 0.717) is 18.8 Å². The second kappa shape index (κ2) is 8.12. The van der Waals surface area contributed by atoms with E-state index in [0.717, 1.165) is 27.4 Å². The summed E-state index contributed by atoms with van der Waals surface area (Å²) >= 11 is 0. The van der Waals surface area contributed by atoms with Gasteiger partial charge in [0, 0.05) is 5.69 Å². The van der Waals surface area contributed by atoms with Crippen molar-refractivity contribution in [1.82, 2.24) is 4.31 Å². The first-order valence-electron chi connectivity index (χ1n) is 8.50. The molecule has 9 heteroatoms. The summed E-state index contributed by atoms with van der Waals surface area (Å²) in [7, 11) is -4.25. The zero-order valence-electron chi connectivity index (χ0n) is 14.5. The number of nitrogens with zero attached hydrogens (tertiary/aromatic N) is 1. The summed E-state index contributed by atoms with van der Waals surface area (Å²) in [6, 6.07) is 12.0. The quantitative estimate of drug-likeness (QED) is 0.773. The van der Waals surface area contributed by atoms with Gasteiger partial charge in [0.2, 0.25) is 10.0 Å². The number of hydrogen-bond donors (Lipinski definition) is 2. The van der Waals surface area contributed by atoms with Gasteiger partial charge in [0.1, 0.15) is 11.6 Å². The van der Waals surface area contributed by atoms with E-state index in [4.69, 9.17) is 0 Å². The fourth-order valence-corrected chi connectivity index (χ4v) is 4.58. The van der Waals surface area contributed by atoms with Gasteiger partial charge in [-0.05, 0) is 24.3 Å². The summed E-state index contributed by atoms with van der Waals surface area (Å²) in [4.78, 5) is 12.1. The van der Waals surface area contributed by atoms with E-state index in [1.54, 1.807) is 12.1 Å². The maximum absolute atomic E-state index is 13.9. The van der Waals surface area contributed by atoms with Crippen LogP contribution in [0.5, 0.6) is 0 Å². The van der Waals surface area contributed by atoms with Crippen molar-refractivity contribution in [3.05, 3.63) is 60.2 Å². The van der Waals surface area contributed by atoms with Crippen molar-refractivity contribution >= 4 is 21.6 Å². The molecule has 0 saturated carbocycles. The normalized spacial score (nSPS) is 16.2. The average Bonchev–Trinajstić information content (AvgIpc) is 2.62. The molecular formula is C18H20F2N3O3S+. The molecule has 27 heavy (non-hydrogen) atoms. The molecular weight excluding hydrogens is 376 g/mol. The Hall–Kier alpha value is -2.36. The lowest BCUT2D eigenvalue weighted by molar-refractivity contribution is -0.895. The van der Waals surface area contributed by atoms with Gasteiger partial charge in [-0.2, -0.15) is 4.31 Å². The largest absolute Gasteiger partial charge is 0.325 e. The second-order valence-corrected chi connectivity index (χ2v) is 8.17. The van der Waals surface area contributed by atoms with Gasteiger partial charge >= 0.3 is 0 Å². The fraction of sp³-hybridized carbons (Fsp3) is 0.278. The predicted octanol–water partition coefficient (Wildman–Crippen LogP) is 0.493. The average molecular weight is 396 g/mol. The van der Waals surface area contributed by atoms with Gasteiger partial charge in [0.05, 0.1) is 26.2 Å². The van der Waals surface area contributed by atoms with Crippen molar-refractivity contribution in [2.75, 3.05) is 38.0 Å². The van der Waals surface area contributed by atoms with Crippen LogP contribution < -0.4 is 10.2 Å². The minimum absolute atomic E-state index is 0.0874. The van der Waals surface area contributed by atoms with Crippen molar-refractivity contribution in [1.29, 1.82) is 0 Å². The minimum Gasteiger partial charge on any atom is -0.325 e. The molecule has 6 nitrogen and oxygen atoms in total. The van der Waals surface area contributed by atoms with Crippen LogP contribution in [0.2, 0.25) is 0 Å². The topological polar surface area (TPSA) is 70.9 Å². The standard InChI is InChI=1S/C18H19F2N3O3S/c19-15-7-4-8-16(20)18(15)27(25,26)23-11-9-22(10-12-23)13-17(24)21-14-5-2-1-3-6-14/h1-8H,9-13H2,(H,21,24)/p+1. The molecule has 1 heterocycles. The molecule has 0 unspecified atom stereocenters. The van der Waals surface area contributed by atoms with Gasteiger partial charge < -0.3 is 10.2 Å². The molecule has 144 valence electrons. The number of hydrogen-bond acceptors (Lipinski definition) is 3. The summed E-state index contributed by atoms with van der Waals surface area (Å²) in [6.07, 6.45) is 0. The Balaban J connectivity index is 1.59. The number of carbonyl (C=O) groups is 1. The zero-order valence-corrected chi connectivity index (χ0v) is 15.3. The first-order chi connectivity index (χ1) is 12.9. The number of halogens is 2. The van der Waals surface area contributed by atoms with Crippen molar-refractivity contribution in [3.63, 3.8) is 0 Å². The summed E-state index contributed by atoms with van der Waals surface area (Å²) < 4.78 is 53.9. The molecule has 0 atom stereocenters. The molecule has 1 amide bonds. The predicted molar refractivity (Wildman–Crippen MR) is 95.8 cm³/mol. The number of rotatable bonds is 5. The van der Waals surface area contributed by atoms with Gasteiger partial charge in [-0.3, -0.25) is 4.79 Å². The van der Waals surface area contributed by atoms with Gasteiger partial charge in [0.25, 0.3) is 5.91 Å². The lowest BCUT2D eigenvalue weighted by Gasteiger charge is -2.31. The SMILES string of the molecule is O=C(C[NH+]1CCN(S(=O)(=O)c2c(F)cccc2F)CC1)Nc1ccccc1. The Morgan fingerprint density at radius 2 is 1.59 bits per heavy atom. The van der Waals surface area contributed by atoms with Crippen LogP contribution in [0.15, 0.2) is 53.4 Å². The highest BCUT2D eigenvalue weighted by Gasteiger charge is 2.34. The van der Waals surface area contributed by atoms with Gasteiger partial charge in [-0.25, -0.2) is 17.2 Å². The van der Waals surface area contributed by atoms with Crippen molar-refractivity contribution < 1.29 is 26.9 Å². The maximum Gasteiger partial charge on any atom is 0.279 e. The number of quaternary nitrogens is 1. The summed E-state index contributed by atoms with van der Waals surface area (Å²) in [5.74, 6) is -2.38. The third-order valence-electron chi connectivity index (χ3n) is 4.41. The number of nitrogens with one attached hydrogen (secondary N) is 2. The van der Waals surface area contributed by atoms with E-state index in [1.165, 1.54) is 0 Å². The highest BCUT2D eigenvalue weighted by atomic mass is 32.2. The van der Waals surface area contributed by atoms with E-state index >= 15 is 0 Å². The van der Waals surface area contributed by atoms with Crippen molar-refractivity contribution in [2.24, 2.45) is 0 Å². The molecule has 0 radical (unpaired) electrons. The van der Waals surface area contributed by atoms with Crippen LogP contribution in [-0.4, -0.2) is 51.4 Å². The van der Waals surface area contributed by atoms with Crippen LogP contribution in [0, 0.1) is 11.6 Å². The van der Waals surface area contributed by atoms with E-state index in [-0.39, 0.29) is 25.5 Å². The smallest absolute Gasteiger partial charge is 0.279 e. The zero-order chi connectivity index (χ0) is 19.4. The number of para-hydroxylation sites is 1. The molecule has 0 spiro atoms. The van der Waals surface area contributed by atoms with E-state index in [2.05, 4.69) is 5.32 Å². The molecule has 1 fully saturated rings. The van der Waals surface area contributed by atoms with Gasteiger partial charge in [-0.1, -0.05) is 24.3 Å². The van der Waals surface area contributed by atoms with Crippen LogP contribution in [0.4, 0.5) is 14.5 Å². The number of anilines is 1. The Kier molecular flexibility index (Phi) is 5.83. The Bertz CT molecular complexity index is 894. The van der Waals surface area contributed by atoms with Gasteiger partial charge in [0.15, 0.2) is 11.4 Å². The van der Waals surface area contributed by atoms with Crippen molar-refractivity contribution in [2.45, 2.75) is 4.90 Å². The van der Waals surface area contributed by atoms with Crippen LogP contribution in [-0.2, 0) is 14.8 Å². The molecule has 3 rings (SSSR count). The number of sulfonamides is 1. The number of carbonyl (C=O) groups excluding carboxylic acids is 1. The monoisotopic (exact) mass is 396 g/mol. The molecule has 2 aromatic carbocycles. The Labute approximate surface area is 156 Å². The third-order valence-corrected chi connectivity index (χ3v) is 6.37. The van der Waals surface area contributed by atoms with Crippen LogP contribution in [0.25, 0.3) is 0 Å². The Morgan fingerprint density at radius 1 is 1.00 bits per heavy atom. The highest BCUT2D eigenvalue weighted by molar-refractivity contribution is 7.89. The van der Waals surface area contributed by atoms with E-state index < -0.39 is 26.6 Å². The lowest BCUT2D eigenvalue weighted by atomic mass is 10.3. The van der Waals surface area contributed by atoms with E-state index in [9.17, 15) is 22.0 Å². The van der Waals surface area contributed by atoms with Crippen LogP contribution in [0.1, 0.15) is 0 Å². The number of amides is 1. The maximum atomic E-state index is 13.9. The Morgan fingerprint density at radius 3 is 2.19 bits per heavy atom. The second-order valence-electron chi connectivity index (χ2n) is 6.30. The number of piperazine rings is 1. The van der Waals surface area contributed by atoms with Crippen LogP contribution >= 0.6 is 0 Å². The highest BCUT2D eigenvalue weighted by Crippen LogP contribution is 2.22. The van der Waals surface area contributed by atoms with Crippen molar-refractivity contribution in [3.8, 4) is 0 Å². The summed E-state index contributed by atoms with van der Waals surface area (Å²) in [5, 5.41) is 2.78. The summed E-state index contributed by atoms with van der Waals surface area (Å²) in [5.41, 5.74) is 0.693. The first-order valence-corrected chi connectivity index (χ1v) is 9.94. The molecule has 0 aliphatic carbocycles. The first kappa shape index (κ1) is 19.4. The summed E-state index contributed by atoms with van der Waals surface area (Å²) in [6.45, 7) is 1.11. The third kappa shape index (κ3) is 4.49. The fourth-order valence-electron chi connectivity index (χ4n) is 3.03. The van der Waals surface area contributed by atoms with Crippen LogP contribution in [0.3, 0.4) is 0 Å². The molecule has 1 aliphatic rings. The van der Waals surface area contributed by atoms with Gasteiger partial charge in [-0.15, -0.1) is 0 Å². The molecule has 1 saturated heterocycles. The molecule has 2 aromatic rings. The molecule has 0 aromatic heterocycles. The minimum atomic E-state index is -4.25.